The molecule has 0 saturated heterocycles. The SMILES string of the molecule is CC(C)[C@@H](NC(=O)c1ccco1)c1nc(-c2ccc3c(c2)[nH]c(=O)c(=O)n3C(C)C)no1. The van der Waals surface area contributed by atoms with Crippen LogP contribution in [-0.2, 0) is 0 Å². The molecule has 0 radical (unpaired) electrons. The Bertz CT molecular complexity index is 1380. The molecule has 0 saturated carbocycles. The summed E-state index contributed by atoms with van der Waals surface area (Å²) in [5.41, 5.74) is 0.380. The minimum atomic E-state index is -0.697. The number of rotatable bonds is 6. The first kappa shape index (κ1) is 21.3. The van der Waals surface area contributed by atoms with Crippen LogP contribution in [0.4, 0.5) is 0 Å². The number of amides is 1. The van der Waals surface area contributed by atoms with E-state index >= 15 is 0 Å². The van der Waals surface area contributed by atoms with Crippen molar-refractivity contribution in [2.24, 2.45) is 5.92 Å². The lowest BCUT2D eigenvalue weighted by atomic mass is 10.0. The Balaban J connectivity index is 1.69. The van der Waals surface area contributed by atoms with Crippen LogP contribution in [0.3, 0.4) is 0 Å². The zero-order valence-corrected chi connectivity index (χ0v) is 18.1. The second-order valence-electron chi connectivity index (χ2n) is 8.08. The molecule has 0 bridgehead atoms. The van der Waals surface area contributed by atoms with Gasteiger partial charge in [0.05, 0.1) is 17.3 Å². The van der Waals surface area contributed by atoms with Gasteiger partial charge in [-0.15, -0.1) is 0 Å². The van der Waals surface area contributed by atoms with Gasteiger partial charge < -0.3 is 19.2 Å². The van der Waals surface area contributed by atoms with Gasteiger partial charge in [0.1, 0.15) is 6.04 Å². The van der Waals surface area contributed by atoms with E-state index in [1.165, 1.54) is 10.8 Å². The standard InChI is InChI=1S/C22H23N5O5/c1-11(2)17(24-19(28)16-6-5-9-31-16)21-25-18(26-32-21)13-7-8-15-14(10-13)23-20(29)22(30)27(15)12(3)4/h5-12,17H,1-4H3,(H,23,29)(H,24,28)/t17-/m1/s1. The maximum atomic E-state index is 12.4. The maximum Gasteiger partial charge on any atom is 0.316 e. The molecule has 32 heavy (non-hydrogen) atoms. The average Bonchev–Trinajstić information content (AvgIpc) is 3.44. The van der Waals surface area contributed by atoms with Crippen molar-refractivity contribution in [1.82, 2.24) is 25.0 Å². The van der Waals surface area contributed by atoms with Gasteiger partial charge in [0.25, 0.3) is 5.91 Å². The highest BCUT2D eigenvalue weighted by molar-refractivity contribution is 5.91. The quantitative estimate of drug-likeness (QED) is 0.442. The van der Waals surface area contributed by atoms with Crippen LogP contribution in [0.5, 0.6) is 0 Å². The van der Waals surface area contributed by atoms with Crippen LogP contribution in [0.2, 0.25) is 0 Å². The molecule has 4 rings (SSSR count). The molecule has 0 spiro atoms. The molecule has 1 atom stereocenters. The molecular formula is C22H23N5O5. The highest BCUT2D eigenvalue weighted by Crippen LogP contribution is 2.26. The summed E-state index contributed by atoms with van der Waals surface area (Å²) < 4.78 is 12.0. The van der Waals surface area contributed by atoms with Gasteiger partial charge in [0.2, 0.25) is 11.7 Å². The lowest BCUT2D eigenvalue weighted by molar-refractivity contribution is 0.0885. The number of aromatic nitrogens is 4. The van der Waals surface area contributed by atoms with Gasteiger partial charge in [-0.05, 0) is 50.1 Å². The van der Waals surface area contributed by atoms with E-state index in [-0.39, 0.29) is 29.5 Å². The van der Waals surface area contributed by atoms with Gasteiger partial charge in [-0.25, -0.2) is 0 Å². The first-order valence-corrected chi connectivity index (χ1v) is 10.2. The van der Waals surface area contributed by atoms with E-state index < -0.39 is 17.2 Å². The number of nitrogens with one attached hydrogen (secondary N) is 2. The summed E-state index contributed by atoms with van der Waals surface area (Å²) in [4.78, 5) is 43.8. The van der Waals surface area contributed by atoms with Gasteiger partial charge >= 0.3 is 11.1 Å². The Hall–Kier alpha value is -3.95. The summed E-state index contributed by atoms with van der Waals surface area (Å²) in [6.45, 7) is 7.51. The monoisotopic (exact) mass is 437 g/mol. The highest BCUT2D eigenvalue weighted by atomic mass is 16.5. The van der Waals surface area contributed by atoms with Gasteiger partial charge in [-0.2, -0.15) is 4.98 Å². The third-order valence-corrected chi connectivity index (χ3v) is 5.10. The van der Waals surface area contributed by atoms with E-state index in [1.807, 2.05) is 27.7 Å². The molecule has 166 valence electrons. The van der Waals surface area contributed by atoms with E-state index in [0.29, 0.717) is 22.4 Å². The molecule has 3 aromatic heterocycles. The number of hydrogen-bond donors (Lipinski definition) is 2. The summed E-state index contributed by atoms with van der Waals surface area (Å²) in [5, 5.41) is 6.89. The van der Waals surface area contributed by atoms with Crippen molar-refractivity contribution in [3.63, 3.8) is 0 Å². The summed E-state index contributed by atoms with van der Waals surface area (Å²) in [6, 6.07) is 7.66. The third kappa shape index (κ3) is 3.86. The van der Waals surface area contributed by atoms with E-state index in [0.717, 1.165) is 0 Å². The lowest BCUT2D eigenvalue weighted by Gasteiger charge is -2.17. The van der Waals surface area contributed by atoms with Crippen LogP contribution < -0.4 is 16.4 Å². The molecule has 0 aliphatic heterocycles. The van der Waals surface area contributed by atoms with Gasteiger partial charge in [0, 0.05) is 11.6 Å². The molecule has 0 aliphatic rings. The second kappa shape index (κ2) is 8.29. The minimum Gasteiger partial charge on any atom is -0.459 e. The lowest BCUT2D eigenvalue weighted by Crippen LogP contribution is -2.37. The topological polar surface area (TPSA) is 136 Å². The van der Waals surface area contributed by atoms with Crippen LogP contribution >= 0.6 is 0 Å². The number of H-pyrrole nitrogens is 1. The fourth-order valence-electron chi connectivity index (χ4n) is 3.51. The van der Waals surface area contributed by atoms with E-state index in [1.54, 1.807) is 30.3 Å². The molecule has 4 aromatic rings. The Morgan fingerprint density at radius 2 is 1.94 bits per heavy atom. The zero-order valence-electron chi connectivity index (χ0n) is 18.1. The molecule has 0 fully saturated rings. The Morgan fingerprint density at radius 1 is 1.16 bits per heavy atom. The van der Waals surface area contributed by atoms with Crippen molar-refractivity contribution in [2.45, 2.75) is 39.8 Å². The molecule has 10 heteroatoms. The van der Waals surface area contributed by atoms with Crippen LogP contribution in [0.25, 0.3) is 22.4 Å². The number of aromatic amines is 1. The number of hydrogen-bond acceptors (Lipinski definition) is 7. The summed E-state index contributed by atoms with van der Waals surface area (Å²) in [5.74, 6) is 0.308. The number of carbonyl (C=O) groups is 1. The van der Waals surface area contributed by atoms with Crippen molar-refractivity contribution in [1.29, 1.82) is 0 Å². The summed E-state index contributed by atoms with van der Waals surface area (Å²) in [6.07, 6.45) is 1.42. The normalized spacial score (nSPS) is 12.6. The fourth-order valence-corrected chi connectivity index (χ4v) is 3.51. The van der Waals surface area contributed by atoms with Gasteiger partial charge in [-0.3, -0.25) is 19.0 Å². The van der Waals surface area contributed by atoms with Crippen molar-refractivity contribution in [2.75, 3.05) is 0 Å². The van der Waals surface area contributed by atoms with Gasteiger partial charge in [0.15, 0.2) is 5.76 Å². The third-order valence-electron chi connectivity index (χ3n) is 5.10. The predicted molar refractivity (Wildman–Crippen MR) is 116 cm³/mol. The summed E-state index contributed by atoms with van der Waals surface area (Å²) in [7, 11) is 0. The predicted octanol–water partition coefficient (Wildman–Crippen LogP) is 3.04. The first-order chi connectivity index (χ1) is 15.3. The fraction of sp³-hybridized carbons (Fsp3) is 0.318. The molecule has 2 N–H and O–H groups in total. The van der Waals surface area contributed by atoms with Crippen molar-refractivity contribution < 1.29 is 13.7 Å². The van der Waals surface area contributed by atoms with Gasteiger partial charge in [-0.1, -0.05) is 19.0 Å². The molecule has 1 aromatic carbocycles. The molecular weight excluding hydrogens is 414 g/mol. The van der Waals surface area contributed by atoms with E-state index in [2.05, 4.69) is 20.4 Å². The maximum absolute atomic E-state index is 12.4. The number of fused-ring (bicyclic) bond motifs is 1. The molecule has 1 amide bonds. The Morgan fingerprint density at radius 3 is 2.59 bits per heavy atom. The molecule has 3 heterocycles. The second-order valence-corrected chi connectivity index (χ2v) is 8.08. The number of furan rings is 1. The van der Waals surface area contributed by atoms with Crippen LogP contribution in [0.1, 0.15) is 56.2 Å². The molecule has 0 unspecified atom stereocenters. The van der Waals surface area contributed by atoms with Crippen LogP contribution in [-0.4, -0.2) is 25.6 Å². The highest BCUT2D eigenvalue weighted by Gasteiger charge is 2.26. The molecule has 10 nitrogen and oxygen atoms in total. The van der Waals surface area contributed by atoms with Crippen molar-refractivity contribution in [3.05, 3.63) is 69.0 Å². The number of nitrogens with zero attached hydrogens (tertiary/aromatic N) is 3. The first-order valence-electron chi connectivity index (χ1n) is 10.2. The minimum absolute atomic E-state index is 0.0318. The van der Waals surface area contributed by atoms with Crippen molar-refractivity contribution in [3.8, 4) is 11.4 Å². The zero-order chi connectivity index (χ0) is 23.0. The Kier molecular flexibility index (Phi) is 5.52. The van der Waals surface area contributed by atoms with Crippen molar-refractivity contribution >= 4 is 16.9 Å². The largest absolute Gasteiger partial charge is 0.459 e. The van der Waals surface area contributed by atoms with Crippen LogP contribution in [0, 0.1) is 5.92 Å². The molecule has 0 aliphatic carbocycles. The number of benzene rings is 1. The smallest absolute Gasteiger partial charge is 0.316 e. The summed E-state index contributed by atoms with van der Waals surface area (Å²) >= 11 is 0. The van der Waals surface area contributed by atoms with E-state index in [4.69, 9.17) is 8.94 Å². The average molecular weight is 437 g/mol. The Labute approximate surface area is 182 Å². The van der Waals surface area contributed by atoms with E-state index in [9.17, 15) is 14.4 Å². The van der Waals surface area contributed by atoms with Crippen LogP contribution in [0.15, 0.2) is 55.1 Å². The number of carbonyl (C=O) groups excluding carboxylic acids is 1.